The Morgan fingerprint density at radius 1 is 0.889 bits per heavy atom. The monoisotopic (exact) mass is 494 g/mol. The highest BCUT2D eigenvalue weighted by molar-refractivity contribution is 5.71. The lowest BCUT2D eigenvalue weighted by molar-refractivity contribution is 0.0321. The number of hydrogen-bond donors (Lipinski definition) is 0. The second kappa shape index (κ2) is 12.3. The van der Waals surface area contributed by atoms with Gasteiger partial charge in [0.15, 0.2) is 11.6 Å². The van der Waals surface area contributed by atoms with E-state index in [9.17, 15) is 13.2 Å². The van der Waals surface area contributed by atoms with E-state index in [-0.39, 0.29) is 29.2 Å². The maximum Gasteiger partial charge on any atom is 0.201 e. The summed E-state index contributed by atoms with van der Waals surface area (Å²) in [5.74, 6) is -2.21. The van der Waals surface area contributed by atoms with Crippen LogP contribution in [0.5, 0.6) is 5.75 Å². The molecule has 2 atom stereocenters. The van der Waals surface area contributed by atoms with Crippen LogP contribution in [0.3, 0.4) is 0 Å². The van der Waals surface area contributed by atoms with Gasteiger partial charge >= 0.3 is 0 Å². The SMILES string of the molecule is C=CC1CCC(c2ccc(-c3ccc(-c4ccc(OCCCCCC)c(F)c4F)cc3)cc2F)CO1. The van der Waals surface area contributed by atoms with Crippen LogP contribution in [0.2, 0.25) is 0 Å². The molecule has 0 saturated carbocycles. The summed E-state index contributed by atoms with van der Waals surface area (Å²) in [6.45, 7) is 6.71. The first-order valence-electron chi connectivity index (χ1n) is 12.8. The molecule has 2 unspecified atom stereocenters. The van der Waals surface area contributed by atoms with Crippen molar-refractivity contribution in [3.63, 3.8) is 0 Å². The molecule has 1 aliphatic heterocycles. The Morgan fingerprint density at radius 2 is 1.64 bits per heavy atom. The smallest absolute Gasteiger partial charge is 0.201 e. The Labute approximate surface area is 211 Å². The number of hydrogen-bond acceptors (Lipinski definition) is 2. The Balaban J connectivity index is 1.45. The van der Waals surface area contributed by atoms with Crippen molar-refractivity contribution in [3.8, 4) is 28.0 Å². The molecule has 0 aromatic heterocycles. The molecule has 1 heterocycles. The van der Waals surface area contributed by atoms with E-state index in [1.165, 1.54) is 18.2 Å². The van der Waals surface area contributed by atoms with Gasteiger partial charge in [-0.1, -0.05) is 68.7 Å². The summed E-state index contributed by atoms with van der Waals surface area (Å²) in [6.07, 6.45) is 7.53. The summed E-state index contributed by atoms with van der Waals surface area (Å²) >= 11 is 0. The van der Waals surface area contributed by atoms with Crippen LogP contribution in [0.4, 0.5) is 13.2 Å². The average Bonchev–Trinajstić information content (AvgIpc) is 2.91. The van der Waals surface area contributed by atoms with Crippen molar-refractivity contribution in [1.82, 2.24) is 0 Å². The third-order valence-corrected chi connectivity index (χ3v) is 6.85. The first kappa shape index (κ1) is 26.0. The van der Waals surface area contributed by atoms with Gasteiger partial charge in [-0.2, -0.15) is 4.39 Å². The number of benzene rings is 3. The van der Waals surface area contributed by atoms with Crippen LogP contribution >= 0.6 is 0 Å². The molecule has 190 valence electrons. The van der Waals surface area contributed by atoms with Crippen LogP contribution < -0.4 is 4.74 Å². The quantitative estimate of drug-likeness (QED) is 0.207. The van der Waals surface area contributed by atoms with E-state index < -0.39 is 11.6 Å². The highest BCUT2D eigenvalue weighted by Crippen LogP contribution is 2.34. The molecule has 0 amide bonds. The predicted molar refractivity (Wildman–Crippen MR) is 139 cm³/mol. The highest BCUT2D eigenvalue weighted by atomic mass is 19.2. The minimum atomic E-state index is -0.976. The predicted octanol–water partition coefficient (Wildman–Crippen LogP) is 8.85. The summed E-state index contributed by atoms with van der Waals surface area (Å²) in [5, 5.41) is 0. The number of halogens is 3. The maximum absolute atomic E-state index is 14.9. The van der Waals surface area contributed by atoms with Crippen LogP contribution in [0.25, 0.3) is 22.3 Å². The van der Waals surface area contributed by atoms with Gasteiger partial charge in [-0.3, -0.25) is 0 Å². The standard InChI is InChI=1S/C31H33F3O2/c1-3-5-6-7-18-35-29-17-16-27(30(33)31(29)34)22-10-8-21(9-11-22)23-13-15-26(28(32)19-23)24-12-14-25(4-2)36-20-24/h4,8-11,13,15-17,19,24-25H,2-3,5-7,12,14,18,20H2,1H3. The van der Waals surface area contributed by atoms with E-state index in [4.69, 9.17) is 9.47 Å². The van der Waals surface area contributed by atoms with E-state index in [2.05, 4.69) is 13.5 Å². The fourth-order valence-electron chi connectivity index (χ4n) is 4.66. The zero-order valence-corrected chi connectivity index (χ0v) is 20.7. The van der Waals surface area contributed by atoms with Crippen LogP contribution in [0.1, 0.15) is 56.9 Å². The normalized spacial score (nSPS) is 17.7. The van der Waals surface area contributed by atoms with Gasteiger partial charge in [0.1, 0.15) is 5.82 Å². The van der Waals surface area contributed by atoms with E-state index in [1.54, 1.807) is 30.3 Å². The number of unbranched alkanes of at least 4 members (excludes halogenated alkanes) is 3. The molecule has 0 aliphatic carbocycles. The Morgan fingerprint density at radius 3 is 2.31 bits per heavy atom. The van der Waals surface area contributed by atoms with Crippen molar-refractivity contribution in [3.05, 3.63) is 90.3 Å². The van der Waals surface area contributed by atoms with Gasteiger partial charge in [0.2, 0.25) is 5.82 Å². The molecule has 1 fully saturated rings. The van der Waals surface area contributed by atoms with Crippen molar-refractivity contribution in [2.75, 3.05) is 13.2 Å². The Hall–Kier alpha value is -3.05. The summed E-state index contributed by atoms with van der Waals surface area (Å²) in [5.41, 5.74) is 2.88. The molecule has 0 spiro atoms. The van der Waals surface area contributed by atoms with E-state index in [1.807, 2.05) is 12.1 Å². The molecule has 0 N–H and O–H groups in total. The maximum atomic E-state index is 14.9. The summed E-state index contributed by atoms with van der Waals surface area (Å²) in [4.78, 5) is 0. The molecule has 4 rings (SSSR count). The molecule has 3 aromatic rings. The van der Waals surface area contributed by atoms with Crippen molar-refractivity contribution >= 4 is 0 Å². The molecule has 0 bridgehead atoms. The molecule has 1 aliphatic rings. The lowest BCUT2D eigenvalue weighted by atomic mass is 9.89. The molecular weight excluding hydrogens is 461 g/mol. The first-order chi connectivity index (χ1) is 17.5. The van der Waals surface area contributed by atoms with Gasteiger partial charge < -0.3 is 9.47 Å². The number of ether oxygens (including phenoxy) is 2. The van der Waals surface area contributed by atoms with Crippen LogP contribution in [0, 0.1) is 17.5 Å². The minimum Gasteiger partial charge on any atom is -0.490 e. The first-order valence-corrected chi connectivity index (χ1v) is 12.8. The van der Waals surface area contributed by atoms with E-state index in [0.29, 0.717) is 24.3 Å². The van der Waals surface area contributed by atoms with Gasteiger partial charge in [-0.05, 0) is 59.7 Å². The van der Waals surface area contributed by atoms with Crippen molar-refractivity contribution in [2.24, 2.45) is 0 Å². The largest absolute Gasteiger partial charge is 0.490 e. The average molecular weight is 495 g/mol. The molecule has 1 saturated heterocycles. The topological polar surface area (TPSA) is 18.5 Å². The second-order valence-electron chi connectivity index (χ2n) is 9.34. The van der Waals surface area contributed by atoms with Gasteiger partial charge in [-0.15, -0.1) is 6.58 Å². The molecule has 3 aromatic carbocycles. The lowest BCUT2D eigenvalue weighted by Gasteiger charge is -2.27. The second-order valence-corrected chi connectivity index (χ2v) is 9.34. The number of rotatable bonds is 10. The lowest BCUT2D eigenvalue weighted by Crippen LogP contribution is -2.23. The summed E-state index contributed by atoms with van der Waals surface area (Å²) < 4.78 is 55.5. The van der Waals surface area contributed by atoms with Crippen LogP contribution in [-0.4, -0.2) is 19.3 Å². The molecular formula is C31H33F3O2. The molecule has 0 radical (unpaired) electrons. The minimum absolute atomic E-state index is 0.0267. The van der Waals surface area contributed by atoms with Crippen molar-refractivity contribution < 1.29 is 22.6 Å². The zero-order chi connectivity index (χ0) is 25.5. The molecule has 5 heteroatoms. The zero-order valence-electron chi connectivity index (χ0n) is 20.7. The van der Waals surface area contributed by atoms with Gasteiger partial charge in [-0.25, -0.2) is 8.78 Å². The van der Waals surface area contributed by atoms with Crippen molar-refractivity contribution in [1.29, 1.82) is 0 Å². The fraction of sp³-hybridized carbons (Fsp3) is 0.355. The summed E-state index contributed by atoms with van der Waals surface area (Å²) in [6, 6.07) is 15.3. The third kappa shape index (κ3) is 6.01. The fourth-order valence-corrected chi connectivity index (χ4v) is 4.66. The third-order valence-electron chi connectivity index (χ3n) is 6.85. The Kier molecular flexibility index (Phi) is 8.87. The summed E-state index contributed by atoms with van der Waals surface area (Å²) in [7, 11) is 0. The van der Waals surface area contributed by atoms with Gasteiger partial charge in [0.25, 0.3) is 0 Å². The van der Waals surface area contributed by atoms with Crippen LogP contribution in [0.15, 0.2) is 67.3 Å². The van der Waals surface area contributed by atoms with Gasteiger partial charge in [0.05, 0.1) is 19.3 Å². The molecule has 36 heavy (non-hydrogen) atoms. The van der Waals surface area contributed by atoms with Crippen LogP contribution in [-0.2, 0) is 4.74 Å². The van der Waals surface area contributed by atoms with E-state index in [0.717, 1.165) is 49.7 Å². The Bertz CT molecular complexity index is 1170. The highest BCUT2D eigenvalue weighted by Gasteiger charge is 2.23. The van der Waals surface area contributed by atoms with Gasteiger partial charge in [0, 0.05) is 11.5 Å². The van der Waals surface area contributed by atoms with E-state index >= 15 is 0 Å². The molecule has 2 nitrogen and oxygen atoms in total. The van der Waals surface area contributed by atoms with Crippen molar-refractivity contribution in [2.45, 2.75) is 57.5 Å².